The van der Waals surface area contributed by atoms with Crippen molar-refractivity contribution in [1.82, 2.24) is 10.2 Å². The van der Waals surface area contributed by atoms with Crippen LogP contribution in [0.2, 0.25) is 0 Å². The second-order valence-corrected chi connectivity index (χ2v) is 3.57. The topological polar surface area (TPSA) is 52.6 Å². The van der Waals surface area contributed by atoms with Crippen molar-refractivity contribution < 1.29 is 9.90 Å². The molecule has 0 bridgehead atoms. The van der Waals surface area contributed by atoms with Gasteiger partial charge in [-0.3, -0.25) is 0 Å². The van der Waals surface area contributed by atoms with Gasteiger partial charge in [0, 0.05) is 18.6 Å². The summed E-state index contributed by atoms with van der Waals surface area (Å²) >= 11 is 0. The van der Waals surface area contributed by atoms with Gasteiger partial charge >= 0.3 is 6.09 Å². The molecule has 1 atom stereocenters. The number of hydrogen-bond acceptors (Lipinski definition) is 2. The summed E-state index contributed by atoms with van der Waals surface area (Å²) in [4.78, 5) is 12.5. The van der Waals surface area contributed by atoms with E-state index in [1.165, 1.54) is 0 Å². The highest BCUT2D eigenvalue weighted by atomic mass is 16.4. The molecule has 1 heterocycles. The van der Waals surface area contributed by atoms with Crippen LogP contribution in [0, 0.1) is 0 Å². The number of hydrogen-bond donors (Lipinski definition) is 2. The molecule has 12 heavy (non-hydrogen) atoms. The Morgan fingerprint density at radius 2 is 2.08 bits per heavy atom. The van der Waals surface area contributed by atoms with Crippen LogP contribution in [0.5, 0.6) is 0 Å². The maximum atomic E-state index is 10.9. The van der Waals surface area contributed by atoms with Gasteiger partial charge in [0.25, 0.3) is 0 Å². The first kappa shape index (κ1) is 7.86. The van der Waals surface area contributed by atoms with Crippen molar-refractivity contribution >= 4 is 6.09 Å². The SMILES string of the molecule is O=C(O)N(C1CC1)[C@@H]1CCNC1. The second-order valence-electron chi connectivity index (χ2n) is 3.57. The highest BCUT2D eigenvalue weighted by Gasteiger charge is 2.38. The van der Waals surface area contributed by atoms with Crippen molar-refractivity contribution in [2.75, 3.05) is 13.1 Å². The van der Waals surface area contributed by atoms with Crippen molar-refractivity contribution in [1.29, 1.82) is 0 Å². The van der Waals surface area contributed by atoms with Gasteiger partial charge in [-0.05, 0) is 25.8 Å². The van der Waals surface area contributed by atoms with Gasteiger partial charge in [0.2, 0.25) is 0 Å². The summed E-state index contributed by atoms with van der Waals surface area (Å²) in [5.74, 6) is 0. The summed E-state index contributed by atoms with van der Waals surface area (Å²) in [6, 6.07) is 0.558. The van der Waals surface area contributed by atoms with Crippen LogP contribution in [0.15, 0.2) is 0 Å². The Bertz CT molecular complexity index is 185. The quantitative estimate of drug-likeness (QED) is 0.634. The molecular formula is C8H14N2O2. The Kier molecular flexibility index (Phi) is 1.92. The largest absolute Gasteiger partial charge is 0.465 e. The van der Waals surface area contributed by atoms with Crippen LogP contribution in [0.1, 0.15) is 19.3 Å². The molecule has 1 saturated carbocycles. The molecule has 0 radical (unpaired) electrons. The van der Waals surface area contributed by atoms with Gasteiger partial charge in [-0.15, -0.1) is 0 Å². The van der Waals surface area contributed by atoms with Gasteiger partial charge in [0.1, 0.15) is 0 Å². The zero-order chi connectivity index (χ0) is 8.55. The first-order valence-corrected chi connectivity index (χ1v) is 4.51. The lowest BCUT2D eigenvalue weighted by Gasteiger charge is -2.24. The Hall–Kier alpha value is -0.770. The lowest BCUT2D eigenvalue weighted by Crippen LogP contribution is -2.42. The molecule has 0 aromatic heterocycles. The monoisotopic (exact) mass is 170 g/mol. The lowest BCUT2D eigenvalue weighted by atomic mass is 10.2. The van der Waals surface area contributed by atoms with Gasteiger partial charge in [0.15, 0.2) is 0 Å². The standard InChI is InChI=1S/C8H14N2O2/c11-8(12)10(6-1-2-6)7-3-4-9-5-7/h6-7,9H,1-5H2,(H,11,12)/t7-/m1/s1. The third-order valence-corrected chi connectivity index (χ3v) is 2.59. The number of nitrogens with one attached hydrogen (secondary N) is 1. The Morgan fingerprint density at radius 1 is 1.33 bits per heavy atom. The van der Waals surface area contributed by atoms with Gasteiger partial charge in [0.05, 0.1) is 0 Å². The van der Waals surface area contributed by atoms with Crippen LogP contribution in [0.25, 0.3) is 0 Å². The molecule has 1 aliphatic carbocycles. The van der Waals surface area contributed by atoms with E-state index in [1.54, 1.807) is 4.90 Å². The maximum absolute atomic E-state index is 10.9. The molecular weight excluding hydrogens is 156 g/mol. The minimum atomic E-state index is -0.744. The summed E-state index contributed by atoms with van der Waals surface area (Å²) < 4.78 is 0. The fraction of sp³-hybridized carbons (Fsp3) is 0.875. The second kappa shape index (κ2) is 2.94. The molecule has 2 rings (SSSR count). The molecule has 2 fully saturated rings. The number of carbonyl (C=O) groups is 1. The minimum Gasteiger partial charge on any atom is -0.465 e. The Morgan fingerprint density at radius 3 is 2.50 bits per heavy atom. The zero-order valence-corrected chi connectivity index (χ0v) is 6.99. The molecule has 2 N–H and O–H groups in total. The molecule has 4 heteroatoms. The first-order valence-electron chi connectivity index (χ1n) is 4.51. The molecule has 0 aromatic rings. The van der Waals surface area contributed by atoms with E-state index < -0.39 is 6.09 Å². The highest BCUT2D eigenvalue weighted by Crippen LogP contribution is 2.30. The van der Waals surface area contributed by atoms with Crippen LogP contribution in [0.3, 0.4) is 0 Å². The molecule has 1 aliphatic heterocycles. The summed E-state index contributed by atoms with van der Waals surface area (Å²) in [5, 5.41) is 12.1. The molecule has 1 saturated heterocycles. The summed E-state index contributed by atoms with van der Waals surface area (Å²) in [6.45, 7) is 1.80. The molecule has 0 spiro atoms. The summed E-state index contributed by atoms with van der Waals surface area (Å²) in [7, 11) is 0. The van der Waals surface area contributed by atoms with Crippen LogP contribution < -0.4 is 5.32 Å². The van der Waals surface area contributed by atoms with E-state index in [4.69, 9.17) is 5.11 Å². The molecule has 68 valence electrons. The lowest BCUT2D eigenvalue weighted by molar-refractivity contribution is 0.124. The molecule has 0 aromatic carbocycles. The van der Waals surface area contributed by atoms with Crippen molar-refractivity contribution in [3.05, 3.63) is 0 Å². The predicted octanol–water partition coefficient (Wildman–Crippen LogP) is 0.491. The van der Waals surface area contributed by atoms with Gasteiger partial charge in [-0.1, -0.05) is 0 Å². The van der Waals surface area contributed by atoms with Gasteiger partial charge in [-0.25, -0.2) is 4.79 Å². The van der Waals surface area contributed by atoms with Crippen molar-refractivity contribution in [3.63, 3.8) is 0 Å². The van der Waals surface area contributed by atoms with E-state index >= 15 is 0 Å². The Labute approximate surface area is 71.5 Å². The van der Waals surface area contributed by atoms with E-state index in [-0.39, 0.29) is 6.04 Å². The van der Waals surface area contributed by atoms with Crippen molar-refractivity contribution in [2.24, 2.45) is 0 Å². The number of carboxylic acid groups (broad SMARTS) is 1. The van der Waals surface area contributed by atoms with Crippen LogP contribution in [0.4, 0.5) is 4.79 Å². The average molecular weight is 170 g/mol. The third-order valence-electron chi connectivity index (χ3n) is 2.59. The summed E-state index contributed by atoms with van der Waals surface area (Å²) in [5.41, 5.74) is 0. The molecule has 4 nitrogen and oxygen atoms in total. The van der Waals surface area contributed by atoms with Crippen molar-refractivity contribution in [3.8, 4) is 0 Å². The normalized spacial score (nSPS) is 28.8. The van der Waals surface area contributed by atoms with Crippen molar-refractivity contribution in [2.45, 2.75) is 31.3 Å². The predicted molar refractivity (Wildman–Crippen MR) is 44.2 cm³/mol. The van der Waals surface area contributed by atoms with E-state index in [0.29, 0.717) is 6.04 Å². The van der Waals surface area contributed by atoms with E-state index in [0.717, 1.165) is 32.4 Å². The minimum absolute atomic E-state index is 0.231. The van der Waals surface area contributed by atoms with Gasteiger partial charge in [-0.2, -0.15) is 0 Å². The Balaban J connectivity index is 1.99. The van der Waals surface area contributed by atoms with E-state index in [9.17, 15) is 4.79 Å². The molecule has 2 aliphatic rings. The number of rotatable bonds is 2. The van der Waals surface area contributed by atoms with Crippen LogP contribution in [-0.2, 0) is 0 Å². The highest BCUT2D eigenvalue weighted by molar-refractivity contribution is 5.66. The first-order chi connectivity index (χ1) is 5.79. The third kappa shape index (κ3) is 1.39. The number of amides is 1. The van der Waals surface area contributed by atoms with Gasteiger partial charge < -0.3 is 15.3 Å². The molecule has 1 amide bonds. The summed E-state index contributed by atoms with van der Waals surface area (Å²) in [6.07, 6.45) is 2.35. The average Bonchev–Trinajstić information content (AvgIpc) is 2.65. The van der Waals surface area contributed by atoms with Crippen LogP contribution >= 0.6 is 0 Å². The zero-order valence-electron chi connectivity index (χ0n) is 6.99. The van der Waals surface area contributed by atoms with Crippen LogP contribution in [-0.4, -0.2) is 41.3 Å². The molecule has 0 unspecified atom stereocenters. The fourth-order valence-corrected chi connectivity index (χ4v) is 1.84. The van der Waals surface area contributed by atoms with E-state index in [1.807, 2.05) is 0 Å². The number of nitrogens with zero attached hydrogens (tertiary/aromatic N) is 1. The maximum Gasteiger partial charge on any atom is 0.407 e. The van der Waals surface area contributed by atoms with E-state index in [2.05, 4.69) is 5.32 Å². The fourth-order valence-electron chi connectivity index (χ4n) is 1.84. The smallest absolute Gasteiger partial charge is 0.407 e.